The molecule has 2 amide bonds. The van der Waals surface area contributed by atoms with Crippen molar-refractivity contribution in [1.82, 2.24) is 10.6 Å². The minimum absolute atomic E-state index is 0.0238. The molecule has 0 saturated heterocycles. The maximum Gasteiger partial charge on any atom is 0.315 e. The van der Waals surface area contributed by atoms with E-state index in [2.05, 4.69) is 10.6 Å². The summed E-state index contributed by atoms with van der Waals surface area (Å²) in [7, 11) is 1.67. The van der Waals surface area contributed by atoms with Crippen molar-refractivity contribution in [3.63, 3.8) is 0 Å². The average molecular weight is 272 g/mol. The zero-order valence-electron chi connectivity index (χ0n) is 12.5. The van der Waals surface area contributed by atoms with E-state index in [1.807, 2.05) is 20.8 Å². The topological polar surface area (TPSA) is 70.6 Å². The molecule has 0 spiro atoms. The minimum atomic E-state index is -0.412. The summed E-state index contributed by atoms with van der Waals surface area (Å²) < 4.78 is 5.35. The number of amides is 2. The molecule has 1 rings (SSSR count). The number of aliphatic hydroxyl groups is 1. The smallest absolute Gasteiger partial charge is 0.315 e. The van der Waals surface area contributed by atoms with Crippen molar-refractivity contribution in [3.05, 3.63) is 0 Å². The molecule has 0 heterocycles. The van der Waals surface area contributed by atoms with E-state index >= 15 is 0 Å². The predicted octanol–water partition coefficient (Wildman–Crippen LogP) is 1.79. The molecule has 1 fully saturated rings. The fourth-order valence-corrected chi connectivity index (χ4v) is 2.59. The number of methoxy groups -OCH3 is 1. The molecule has 112 valence electrons. The van der Waals surface area contributed by atoms with Gasteiger partial charge in [0.05, 0.1) is 17.7 Å². The van der Waals surface area contributed by atoms with E-state index in [4.69, 9.17) is 4.74 Å². The van der Waals surface area contributed by atoms with Gasteiger partial charge in [-0.25, -0.2) is 4.79 Å². The van der Waals surface area contributed by atoms with Gasteiger partial charge in [-0.05, 0) is 40.0 Å². The van der Waals surface area contributed by atoms with Crippen molar-refractivity contribution in [2.75, 3.05) is 7.11 Å². The second-order valence-corrected chi connectivity index (χ2v) is 6.15. The summed E-state index contributed by atoms with van der Waals surface area (Å²) in [6.07, 6.45) is 4.06. The molecule has 3 N–H and O–H groups in total. The van der Waals surface area contributed by atoms with Crippen LogP contribution >= 0.6 is 0 Å². The molecule has 1 aliphatic rings. The SMILES string of the molecule is COC(C)(C)C[C@H](C)NC(=O)N[C@H]1CCCC[C@@H]1O. The summed E-state index contributed by atoms with van der Waals surface area (Å²) in [5.41, 5.74) is -0.253. The molecular formula is C14H28N2O3. The predicted molar refractivity (Wildman–Crippen MR) is 75.1 cm³/mol. The normalized spacial score (nSPS) is 25.7. The van der Waals surface area contributed by atoms with Crippen molar-refractivity contribution < 1.29 is 14.6 Å². The first-order valence-corrected chi connectivity index (χ1v) is 7.14. The molecule has 0 unspecified atom stereocenters. The van der Waals surface area contributed by atoms with Crippen molar-refractivity contribution in [2.45, 2.75) is 76.7 Å². The van der Waals surface area contributed by atoms with Gasteiger partial charge in [0.15, 0.2) is 0 Å². The second kappa shape index (κ2) is 7.10. The number of urea groups is 1. The van der Waals surface area contributed by atoms with Gasteiger partial charge in [-0.2, -0.15) is 0 Å². The van der Waals surface area contributed by atoms with Crippen LogP contribution in [0.4, 0.5) is 4.79 Å². The number of carbonyl (C=O) groups excluding carboxylic acids is 1. The van der Waals surface area contributed by atoms with Crippen LogP contribution in [-0.2, 0) is 4.74 Å². The second-order valence-electron chi connectivity index (χ2n) is 6.15. The Morgan fingerprint density at radius 3 is 2.63 bits per heavy atom. The number of carbonyl (C=O) groups is 1. The van der Waals surface area contributed by atoms with E-state index in [-0.39, 0.29) is 23.7 Å². The van der Waals surface area contributed by atoms with Crippen LogP contribution in [0.5, 0.6) is 0 Å². The first-order valence-electron chi connectivity index (χ1n) is 7.14. The van der Waals surface area contributed by atoms with Crippen molar-refractivity contribution in [3.8, 4) is 0 Å². The lowest BCUT2D eigenvalue weighted by Gasteiger charge is -2.30. The lowest BCUT2D eigenvalue weighted by molar-refractivity contribution is 0.00935. The highest BCUT2D eigenvalue weighted by atomic mass is 16.5. The van der Waals surface area contributed by atoms with Gasteiger partial charge in [0.1, 0.15) is 0 Å². The lowest BCUT2D eigenvalue weighted by atomic mass is 9.93. The Bertz CT molecular complexity index is 294. The summed E-state index contributed by atoms with van der Waals surface area (Å²) in [4.78, 5) is 11.9. The van der Waals surface area contributed by atoms with Gasteiger partial charge in [0.25, 0.3) is 0 Å². The molecule has 3 atom stereocenters. The molecule has 1 saturated carbocycles. The molecule has 0 bridgehead atoms. The highest BCUT2D eigenvalue weighted by Gasteiger charge is 2.26. The van der Waals surface area contributed by atoms with Gasteiger partial charge in [-0.1, -0.05) is 12.8 Å². The fourth-order valence-electron chi connectivity index (χ4n) is 2.59. The summed E-state index contributed by atoms with van der Waals surface area (Å²) >= 11 is 0. The van der Waals surface area contributed by atoms with Crippen LogP contribution in [0.1, 0.15) is 52.9 Å². The molecule has 5 heteroatoms. The fraction of sp³-hybridized carbons (Fsp3) is 0.929. The van der Waals surface area contributed by atoms with Gasteiger partial charge in [-0.3, -0.25) is 0 Å². The minimum Gasteiger partial charge on any atom is -0.391 e. The van der Waals surface area contributed by atoms with Gasteiger partial charge < -0.3 is 20.5 Å². The van der Waals surface area contributed by atoms with Crippen LogP contribution in [-0.4, -0.2) is 42.0 Å². The van der Waals surface area contributed by atoms with E-state index in [0.717, 1.165) is 32.1 Å². The van der Waals surface area contributed by atoms with E-state index < -0.39 is 6.10 Å². The van der Waals surface area contributed by atoms with Crippen LogP contribution in [0.3, 0.4) is 0 Å². The molecule has 0 aliphatic heterocycles. The Labute approximate surface area is 116 Å². The van der Waals surface area contributed by atoms with Crippen LogP contribution in [0.25, 0.3) is 0 Å². The Hall–Kier alpha value is -0.810. The molecule has 0 aromatic carbocycles. The molecule has 19 heavy (non-hydrogen) atoms. The third-order valence-corrected chi connectivity index (χ3v) is 3.77. The summed E-state index contributed by atoms with van der Waals surface area (Å²) in [6, 6.07) is -0.294. The number of ether oxygens (including phenoxy) is 1. The largest absolute Gasteiger partial charge is 0.391 e. The molecule has 0 aromatic rings. The van der Waals surface area contributed by atoms with E-state index in [1.54, 1.807) is 7.11 Å². The van der Waals surface area contributed by atoms with Crippen molar-refractivity contribution >= 4 is 6.03 Å². The van der Waals surface area contributed by atoms with E-state index in [0.29, 0.717) is 0 Å². The number of hydrogen-bond acceptors (Lipinski definition) is 3. The Kier molecular flexibility index (Phi) is 6.07. The molecular weight excluding hydrogens is 244 g/mol. The van der Waals surface area contributed by atoms with Crippen LogP contribution in [0.15, 0.2) is 0 Å². The van der Waals surface area contributed by atoms with Gasteiger partial charge in [-0.15, -0.1) is 0 Å². The number of hydrogen-bond donors (Lipinski definition) is 3. The highest BCUT2D eigenvalue weighted by Crippen LogP contribution is 2.18. The third kappa shape index (κ3) is 5.78. The molecule has 0 aromatic heterocycles. The van der Waals surface area contributed by atoms with Crippen molar-refractivity contribution in [1.29, 1.82) is 0 Å². The first-order chi connectivity index (χ1) is 8.84. The van der Waals surface area contributed by atoms with E-state index in [9.17, 15) is 9.90 Å². The van der Waals surface area contributed by atoms with Crippen LogP contribution in [0.2, 0.25) is 0 Å². The average Bonchev–Trinajstić information content (AvgIpc) is 2.31. The maximum absolute atomic E-state index is 11.9. The van der Waals surface area contributed by atoms with Crippen molar-refractivity contribution in [2.24, 2.45) is 0 Å². The standard InChI is InChI=1S/C14H28N2O3/c1-10(9-14(2,3)19-4)15-13(18)16-11-7-5-6-8-12(11)17/h10-12,17H,5-9H2,1-4H3,(H2,15,16,18)/t10-,11-,12-/m0/s1. The molecule has 1 aliphatic carbocycles. The maximum atomic E-state index is 11.9. The summed E-state index contributed by atoms with van der Waals surface area (Å²) in [5.74, 6) is 0. The summed E-state index contributed by atoms with van der Waals surface area (Å²) in [6.45, 7) is 5.94. The Balaban J connectivity index is 2.34. The summed E-state index contributed by atoms with van der Waals surface area (Å²) in [5, 5.41) is 15.6. The van der Waals surface area contributed by atoms with Gasteiger partial charge >= 0.3 is 6.03 Å². The highest BCUT2D eigenvalue weighted by molar-refractivity contribution is 5.74. The number of rotatable bonds is 5. The van der Waals surface area contributed by atoms with Crippen LogP contribution in [0, 0.1) is 0 Å². The Morgan fingerprint density at radius 1 is 1.42 bits per heavy atom. The third-order valence-electron chi connectivity index (χ3n) is 3.77. The Morgan fingerprint density at radius 2 is 2.05 bits per heavy atom. The molecule has 5 nitrogen and oxygen atoms in total. The first kappa shape index (κ1) is 16.2. The number of nitrogens with one attached hydrogen (secondary N) is 2. The van der Waals surface area contributed by atoms with Gasteiger partial charge in [0, 0.05) is 13.2 Å². The lowest BCUT2D eigenvalue weighted by Crippen LogP contribution is -2.51. The zero-order chi connectivity index (χ0) is 14.5. The quantitative estimate of drug-likeness (QED) is 0.714. The monoisotopic (exact) mass is 272 g/mol. The zero-order valence-corrected chi connectivity index (χ0v) is 12.5. The van der Waals surface area contributed by atoms with Gasteiger partial charge in [0.2, 0.25) is 0 Å². The van der Waals surface area contributed by atoms with Crippen LogP contribution < -0.4 is 10.6 Å². The van der Waals surface area contributed by atoms with E-state index in [1.165, 1.54) is 0 Å². The molecule has 0 radical (unpaired) electrons. The number of aliphatic hydroxyl groups excluding tert-OH is 1.